The van der Waals surface area contributed by atoms with Gasteiger partial charge in [0.15, 0.2) is 11.9 Å². The van der Waals surface area contributed by atoms with Crippen LogP contribution in [0.15, 0.2) is 67.1 Å². The van der Waals surface area contributed by atoms with Crippen molar-refractivity contribution in [2.75, 3.05) is 19.0 Å². The highest BCUT2D eigenvalue weighted by atomic mass is 16.6. The van der Waals surface area contributed by atoms with E-state index in [1.807, 2.05) is 30.3 Å². The quantitative estimate of drug-likeness (QED) is 0.226. The van der Waals surface area contributed by atoms with E-state index >= 15 is 0 Å². The van der Waals surface area contributed by atoms with Gasteiger partial charge in [0.2, 0.25) is 5.91 Å². The Labute approximate surface area is 255 Å². The van der Waals surface area contributed by atoms with Crippen LogP contribution in [0.25, 0.3) is 0 Å². The summed E-state index contributed by atoms with van der Waals surface area (Å²) in [5, 5.41) is 17.7. The van der Waals surface area contributed by atoms with Crippen LogP contribution >= 0.6 is 0 Å². The maximum atomic E-state index is 13.4. The molecule has 0 bridgehead atoms. The zero-order chi connectivity index (χ0) is 32.5. The van der Waals surface area contributed by atoms with Crippen LogP contribution in [0, 0.1) is 0 Å². The summed E-state index contributed by atoms with van der Waals surface area (Å²) in [6.45, 7) is 8.00. The molecular weight excluding hydrogens is 570 g/mol. The molecule has 4 N–H and O–H groups in total. The summed E-state index contributed by atoms with van der Waals surface area (Å²) in [5.74, 6) is -1.83. The molecule has 0 spiro atoms. The molecule has 236 valence electrons. The number of hydrogen-bond donors (Lipinski definition) is 4. The highest BCUT2D eigenvalue weighted by Gasteiger charge is 2.35. The van der Waals surface area contributed by atoms with Gasteiger partial charge in [-0.1, -0.05) is 42.5 Å². The van der Waals surface area contributed by atoms with E-state index in [2.05, 4.69) is 20.9 Å². The van der Waals surface area contributed by atoms with Gasteiger partial charge in [-0.05, 0) is 57.9 Å². The monoisotopic (exact) mass is 609 g/mol. The molecule has 1 heterocycles. The van der Waals surface area contributed by atoms with Crippen molar-refractivity contribution < 1.29 is 38.5 Å². The van der Waals surface area contributed by atoms with Gasteiger partial charge in [0.05, 0.1) is 26.7 Å². The number of aromatic nitrogens is 2. The second kappa shape index (κ2) is 14.5. The Kier molecular flexibility index (Phi) is 11.1. The number of imidazole rings is 1. The van der Waals surface area contributed by atoms with Crippen LogP contribution in [0.5, 0.6) is 5.75 Å². The van der Waals surface area contributed by atoms with E-state index < -0.39 is 47.1 Å². The molecular formula is C31H39N5O8. The first-order valence-electron chi connectivity index (χ1n) is 13.8. The number of nitrogens with zero attached hydrogens (tertiary/aromatic N) is 2. The van der Waals surface area contributed by atoms with Gasteiger partial charge in [-0.2, -0.15) is 0 Å². The number of benzene rings is 2. The largest absolute Gasteiger partial charge is 0.497 e. The van der Waals surface area contributed by atoms with Crippen molar-refractivity contribution in [1.29, 1.82) is 0 Å². The molecule has 2 atom stereocenters. The van der Waals surface area contributed by atoms with Gasteiger partial charge in [0, 0.05) is 6.20 Å². The number of rotatable bonds is 13. The van der Waals surface area contributed by atoms with Crippen molar-refractivity contribution in [3.63, 3.8) is 0 Å². The summed E-state index contributed by atoms with van der Waals surface area (Å²) >= 11 is 0. The molecule has 13 heteroatoms. The van der Waals surface area contributed by atoms with Gasteiger partial charge >= 0.3 is 12.1 Å². The van der Waals surface area contributed by atoms with Crippen molar-refractivity contribution in [2.45, 2.75) is 64.4 Å². The van der Waals surface area contributed by atoms with Gasteiger partial charge in [-0.3, -0.25) is 9.59 Å². The van der Waals surface area contributed by atoms with E-state index in [4.69, 9.17) is 14.2 Å². The average molecular weight is 610 g/mol. The van der Waals surface area contributed by atoms with Crippen LogP contribution < -0.4 is 20.7 Å². The molecule has 3 aromatic rings. The summed E-state index contributed by atoms with van der Waals surface area (Å²) < 4.78 is 17.5. The number of carboxylic acids is 1. The molecule has 44 heavy (non-hydrogen) atoms. The molecule has 13 nitrogen and oxygen atoms in total. The third-order valence-electron chi connectivity index (χ3n) is 6.22. The molecule has 1 unspecified atom stereocenters. The Morgan fingerprint density at radius 3 is 2.23 bits per heavy atom. The number of nitrogens with one attached hydrogen (secondary N) is 3. The van der Waals surface area contributed by atoms with Crippen molar-refractivity contribution in [3.05, 3.63) is 78.2 Å². The molecule has 3 rings (SSSR count). The van der Waals surface area contributed by atoms with Crippen molar-refractivity contribution in [2.24, 2.45) is 0 Å². The lowest BCUT2D eigenvalue weighted by Gasteiger charge is -2.29. The number of anilines is 1. The predicted octanol–water partition coefficient (Wildman–Crippen LogP) is 3.51. The number of ether oxygens (including phenoxy) is 3. The van der Waals surface area contributed by atoms with Crippen LogP contribution in [0.1, 0.15) is 51.8 Å². The third-order valence-corrected chi connectivity index (χ3v) is 6.22. The topological polar surface area (TPSA) is 170 Å². The number of amides is 3. The van der Waals surface area contributed by atoms with E-state index in [-0.39, 0.29) is 19.0 Å². The van der Waals surface area contributed by atoms with Gasteiger partial charge < -0.3 is 39.8 Å². The second-order valence-corrected chi connectivity index (χ2v) is 11.5. The zero-order valence-electron chi connectivity index (χ0n) is 25.6. The fourth-order valence-corrected chi connectivity index (χ4v) is 3.99. The standard InChI is InChI=1S/C31H39N5O8/c1-30(2,3)44-29(41)35-31(4,5)28(40)33-23(18-43-17-20-10-8-7-9-11-20)26(37)34-24-16-36(19-32-24)25(27(38)39)21-12-14-22(42-6)15-13-21/h7-16,19,23,25H,17-18H2,1-6H3,(H,33,40)(H,34,37)(H,35,41)(H,38,39)/t23-,25?/m1/s1. The van der Waals surface area contributed by atoms with Gasteiger partial charge in [-0.15, -0.1) is 0 Å². The lowest BCUT2D eigenvalue weighted by atomic mass is 10.0. The highest BCUT2D eigenvalue weighted by molar-refractivity contribution is 5.98. The number of hydrogen-bond acceptors (Lipinski definition) is 8. The minimum Gasteiger partial charge on any atom is -0.497 e. The number of methoxy groups -OCH3 is 1. The van der Waals surface area contributed by atoms with E-state index in [0.29, 0.717) is 11.3 Å². The molecule has 0 aliphatic rings. The van der Waals surface area contributed by atoms with Crippen LogP contribution in [0.3, 0.4) is 0 Å². The third kappa shape index (κ3) is 9.83. The van der Waals surface area contributed by atoms with Crippen molar-refractivity contribution in [3.8, 4) is 5.75 Å². The van der Waals surface area contributed by atoms with Gasteiger partial charge in [0.1, 0.15) is 22.9 Å². The first-order valence-corrected chi connectivity index (χ1v) is 13.8. The van der Waals surface area contributed by atoms with E-state index in [0.717, 1.165) is 5.56 Å². The molecule has 0 fully saturated rings. The summed E-state index contributed by atoms with van der Waals surface area (Å²) in [6.07, 6.45) is 1.86. The zero-order valence-corrected chi connectivity index (χ0v) is 25.6. The van der Waals surface area contributed by atoms with Crippen molar-refractivity contribution >= 4 is 29.7 Å². The van der Waals surface area contributed by atoms with E-state index in [9.17, 15) is 24.3 Å². The maximum Gasteiger partial charge on any atom is 0.408 e. The fraction of sp³-hybridized carbons (Fsp3) is 0.387. The minimum atomic E-state index is -1.45. The Morgan fingerprint density at radius 1 is 0.977 bits per heavy atom. The molecule has 1 aromatic heterocycles. The van der Waals surface area contributed by atoms with E-state index in [1.54, 1.807) is 45.0 Å². The van der Waals surface area contributed by atoms with Gasteiger partial charge in [0.25, 0.3) is 5.91 Å². The summed E-state index contributed by atoms with van der Waals surface area (Å²) in [5.41, 5.74) is -0.898. The van der Waals surface area contributed by atoms with Crippen molar-refractivity contribution in [1.82, 2.24) is 20.2 Å². The average Bonchev–Trinajstić information content (AvgIpc) is 3.39. The number of carbonyl (C=O) groups is 4. The summed E-state index contributed by atoms with van der Waals surface area (Å²) in [4.78, 5) is 55.2. The molecule has 2 aromatic carbocycles. The lowest BCUT2D eigenvalue weighted by Crippen LogP contribution is -2.59. The highest BCUT2D eigenvalue weighted by Crippen LogP contribution is 2.23. The number of carbonyl (C=O) groups excluding carboxylic acids is 3. The van der Waals surface area contributed by atoms with Crippen LogP contribution in [-0.2, 0) is 30.5 Å². The predicted molar refractivity (Wildman–Crippen MR) is 161 cm³/mol. The smallest absolute Gasteiger partial charge is 0.408 e. The Morgan fingerprint density at radius 2 is 1.64 bits per heavy atom. The number of alkyl carbamates (subject to hydrolysis) is 1. The molecule has 3 amide bonds. The Balaban J connectivity index is 1.76. The number of carboxylic acid groups (broad SMARTS) is 1. The van der Waals surface area contributed by atoms with Crippen LogP contribution in [-0.4, -0.2) is 69.4 Å². The van der Waals surface area contributed by atoms with E-state index in [1.165, 1.54) is 38.0 Å². The van der Waals surface area contributed by atoms with Gasteiger partial charge in [-0.25, -0.2) is 14.6 Å². The lowest BCUT2D eigenvalue weighted by molar-refractivity contribution is -0.139. The summed E-state index contributed by atoms with van der Waals surface area (Å²) in [7, 11) is 1.51. The second-order valence-electron chi connectivity index (χ2n) is 11.5. The SMILES string of the molecule is COc1ccc(C(C(=O)O)n2cnc(NC(=O)[C@@H](COCc3ccccc3)NC(=O)C(C)(C)NC(=O)OC(C)(C)C)c2)cc1. The minimum absolute atomic E-state index is 0.0585. The normalized spacial score (nSPS) is 12.9. The Bertz CT molecular complexity index is 1430. The first-order chi connectivity index (χ1) is 20.7. The Hall–Kier alpha value is -4.91. The maximum absolute atomic E-state index is 13.4. The van der Waals surface area contributed by atoms with Crippen LogP contribution in [0.2, 0.25) is 0 Å². The molecule has 0 radical (unpaired) electrons. The fourth-order valence-electron chi connectivity index (χ4n) is 3.99. The molecule has 0 aliphatic carbocycles. The number of aliphatic carboxylic acids is 1. The molecule has 0 saturated heterocycles. The molecule has 0 saturated carbocycles. The van der Waals surface area contributed by atoms with Crippen LogP contribution in [0.4, 0.5) is 10.6 Å². The summed E-state index contributed by atoms with van der Waals surface area (Å²) in [6, 6.07) is 13.5. The first kappa shape index (κ1) is 33.6. The molecule has 0 aliphatic heterocycles.